The number of fused-ring (bicyclic) bond motifs is 8. The fraction of sp³-hybridized carbons (Fsp3) is 0.143. The molecule has 12 heteroatoms. The number of carbonyl (C=O) groups excluding carboxylic acids is 4. The van der Waals surface area contributed by atoms with Crippen molar-refractivity contribution in [2.45, 2.75) is 0 Å². The summed E-state index contributed by atoms with van der Waals surface area (Å²) in [6.07, 6.45) is 12.7. The molecule has 0 aromatic carbocycles. The zero-order valence-corrected chi connectivity index (χ0v) is 24.8. The molecule has 0 N–H and O–H groups in total. The van der Waals surface area contributed by atoms with Gasteiger partial charge in [0.15, 0.2) is 0 Å². The maximum Gasteiger partial charge on any atom is 0.204 e. The summed E-state index contributed by atoms with van der Waals surface area (Å²) in [7, 11) is 9.90. The van der Waals surface area contributed by atoms with E-state index in [4.69, 9.17) is 18.9 Å². The Morgan fingerprint density at radius 2 is 0.575 bits per heavy atom. The highest BCUT2D eigenvalue weighted by atomic mass is 33.1. The number of hydrogen-bond acceptors (Lipinski definition) is 12. The number of Topliss-reactive ketones (excluding diaryl/α,β-unsaturated/α-hetero) is 4. The molecule has 8 bridgehead atoms. The van der Waals surface area contributed by atoms with Crippen molar-refractivity contribution in [2.75, 3.05) is 28.4 Å². The minimum Gasteiger partial charge on any atom is -0.496 e. The molecule has 1 heterocycles. The van der Waals surface area contributed by atoms with Gasteiger partial charge in [-0.2, -0.15) is 0 Å². The van der Waals surface area contributed by atoms with Crippen LogP contribution >= 0.6 is 43.2 Å². The molecule has 0 saturated heterocycles. The van der Waals surface area contributed by atoms with Gasteiger partial charge >= 0.3 is 0 Å². The molecule has 1 aliphatic heterocycles. The Morgan fingerprint density at radius 3 is 0.750 bits per heavy atom. The third-order valence-electron chi connectivity index (χ3n) is 6.16. The quantitative estimate of drug-likeness (QED) is 0.383. The van der Waals surface area contributed by atoms with Crippen LogP contribution < -0.4 is 0 Å². The molecule has 0 aromatic rings. The van der Waals surface area contributed by atoms with Gasteiger partial charge in [-0.05, 0) is 91.8 Å². The van der Waals surface area contributed by atoms with E-state index in [-0.39, 0.29) is 64.9 Å². The fourth-order valence-corrected chi connectivity index (χ4v) is 8.47. The third-order valence-corrected chi connectivity index (χ3v) is 11.0. The average molecular weight is 613 g/mol. The molecule has 5 rings (SSSR count). The van der Waals surface area contributed by atoms with Crippen LogP contribution in [-0.2, 0) is 38.1 Å². The molecule has 40 heavy (non-hydrogen) atoms. The standard InChI is InChI=1S/C28H20O8S4/c1-33-13-5-9-17-25(29)21(13)22-14(34-2)6-10-18(26(22)30)38-40-20-12-8-16(36-4)24(28(20)32)23-15(35-3)7-11-19(27(23)31)39-37-17/h5-12H,1-4H3. The second-order valence-corrected chi connectivity index (χ2v) is 12.6. The maximum absolute atomic E-state index is 13.8. The molecule has 0 saturated carbocycles. The van der Waals surface area contributed by atoms with Crippen LogP contribution in [0.4, 0.5) is 0 Å². The molecular formula is C28H20O8S4. The Hall–Kier alpha value is -3.32. The van der Waals surface area contributed by atoms with Gasteiger partial charge in [0.25, 0.3) is 0 Å². The van der Waals surface area contributed by atoms with E-state index in [9.17, 15) is 19.2 Å². The van der Waals surface area contributed by atoms with Crippen molar-refractivity contribution in [1.82, 2.24) is 0 Å². The third kappa shape index (κ3) is 4.78. The predicted octanol–water partition coefficient (Wildman–Crippen LogP) is 5.34. The highest BCUT2D eigenvalue weighted by molar-refractivity contribution is 8.80. The first kappa shape index (κ1) is 28.2. The minimum absolute atomic E-state index is 0.0588. The normalized spacial score (nSPS) is 21.3. The van der Waals surface area contributed by atoms with Crippen LogP contribution in [0.3, 0.4) is 0 Å². The lowest BCUT2D eigenvalue weighted by Gasteiger charge is -2.25. The van der Waals surface area contributed by atoms with E-state index >= 15 is 0 Å². The monoisotopic (exact) mass is 612 g/mol. The SMILES string of the molecule is COC1=CC=C2SSC3=CC=C(OC)C(=C4C(=O)C(=CC=C4OC)SSC4=CC=C(OC)C(=C1C2=O)C4=O)C3=O. The number of rotatable bonds is 4. The number of carbonyl (C=O) groups is 4. The van der Waals surface area contributed by atoms with Gasteiger partial charge in [-0.15, -0.1) is 0 Å². The van der Waals surface area contributed by atoms with E-state index in [1.54, 1.807) is 48.6 Å². The summed E-state index contributed by atoms with van der Waals surface area (Å²) in [5.41, 5.74) is 0.235. The molecule has 0 amide bonds. The van der Waals surface area contributed by atoms with Crippen LogP contribution in [0.2, 0.25) is 0 Å². The van der Waals surface area contributed by atoms with E-state index in [1.807, 2.05) is 0 Å². The molecule has 0 atom stereocenters. The Bertz CT molecular complexity index is 1360. The van der Waals surface area contributed by atoms with E-state index in [0.717, 1.165) is 43.2 Å². The first-order valence-electron chi connectivity index (χ1n) is 11.6. The summed E-state index contributed by atoms with van der Waals surface area (Å²) in [5.74, 6) is -0.916. The van der Waals surface area contributed by atoms with Crippen LogP contribution in [0, 0.1) is 0 Å². The lowest BCUT2D eigenvalue weighted by Crippen LogP contribution is -2.22. The first-order valence-corrected chi connectivity index (χ1v) is 15.9. The summed E-state index contributed by atoms with van der Waals surface area (Å²) in [6, 6.07) is 0. The molecule has 0 fully saturated rings. The fourth-order valence-electron chi connectivity index (χ4n) is 4.25. The Morgan fingerprint density at radius 1 is 0.375 bits per heavy atom. The van der Waals surface area contributed by atoms with Crippen molar-refractivity contribution in [1.29, 1.82) is 0 Å². The van der Waals surface area contributed by atoms with Gasteiger partial charge in [-0.3, -0.25) is 19.2 Å². The molecular weight excluding hydrogens is 593 g/mol. The lowest BCUT2D eigenvalue weighted by atomic mass is 9.91. The second kappa shape index (κ2) is 11.7. The number of ketones is 4. The van der Waals surface area contributed by atoms with Gasteiger partial charge in [-0.1, -0.05) is 0 Å². The summed E-state index contributed by atoms with van der Waals surface area (Å²) in [5, 5.41) is 0. The highest BCUT2D eigenvalue weighted by Gasteiger charge is 2.38. The molecule has 0 unspecified atom stereocenters. The summed E-state index contributed by atoms with van der Waals surface area (Å²) < 4.78 is 21.9. The zero-order chi connectivity index (χ0) is 28.6. The van der Waals surface area contributed by atoms with Crippen molar-refractivity contribution in [3.05, 3.63) is 114 Å². The van der Waals surface area contributed by atoms with Crippen molar-refractivity contribution >= 4 is 66.3 Å². The smallest absolute Gasteiger partial charge is 0.204 e. The first-order chi connectivity index (χ1) is 19.3. The number of ether oxygens (including phenoxy) is 4. The minimum atomic E-state index is -0.441. The van der Waals surface area contributed by atoms with Gasteiger partial charge in [0.1, 0.15) is 23.0 Å². The molecule has 0 spiro atoms. The van der Waals surface area contributed by atoms with Gasteiger partial charge < -0.3 is 18.9 Å². The Kier molecular flexibility index (Phi) is 8.22. The summed E-state index contributed by atoms with van der Waals surface area (Å²) >= 11 is 0. The molecule has 0 radical (unpaired) electrons. The van der Waals surface area contributed by atoms with Crippen LogP contribution in [0.15, 0.2) is 114 Å². The molecule has 0 aromatic heterocycles. The van der Waals surface area contributed by atoms with Crippen molar-refractivity contribution in [2.24, 2.45) is 0 Å². The van der Waals surface area contributed by atoms with Crippen LogP contribution in [-0.4, -0.2) is 51.6 Å². The second-order valence-electron chi connectivity index (χ2n) is 8.21. The molecule has 204 valence electrons. The Labute approximate surface area is 245 Å². The Balaban J connectivity index is 1.71. The van der Waals surface area contributed by atoms with Crippen LogP contribution in [0.1, 0.15) is 0 Å². The van der Waals surface area contributed by atoms with E-state index in [1.165, 1.54) is 28.4 Å². The van der Waals surface area contributed by atoms with E-state index in [0.29, 0.717) is 0 Å². The summed E-state index contributed by atoms with van der Waals surface area (Å²) in [6.45, 7) is 0. The van der Waals surface area contributed by atoms with Gasteiger partial charge in [-0.25, -0.2) is 0 Å². The van der Waals surface area contributed by atoms with Crippen molar-refractivity contribution < 1.29 is 38.1 Å². The van der Waals surface area contributed by atoms with Gasteiger partial charge in [0.05, 0.1) is 70.4 Å². The van der Waals surface area contributed by atoms with Crippen LogP contribution in [0.5, 0.6) is 0 Å². The van der Waals surface area contributed by atoms with Gasteiger partial charge in [0, 0.05) is 0 Å². The lowest BCUT2D eigenvalue weighted by molar-refractivity contribution is -0.114. The van der Waals surface area contributed by atoms with Crippen molar-refractivity contribution in [3.8, 4) is 0 Å². The van der Waals surface area contributed by atoms with E-state index < -0.39 is 23.1 Å². The van der Waals surface area contributed by atoms with Gasteiger partial charge in [0.2, 0.25) is 23.1 Å². The zero-order valence-electron chi connectivity index (χ0n) is 21.5. The molecule has 4 aliphatic carbocycles. The van der Waals surface area contributed by atoms with E-state index in [2.05, 4.69) is 0 Å². The molecule has 5 aliphatic rings. The van der Waals surface area contributed by atoms with Crippen molar-refractivity contribution in [3.63, 3.8) is 0 Å². The highest BCUT2D eigenvalue weighted by Crippen LogP contribution is 2.48. The largest absolute Gasteiger partial charge is 0.496 e. The average Bonchev–Trinajstić information content (AvgIpc) is 2.96. The maximum atomic E-state index is 13.8. The predicted molar refractivity (Wildman–Crippen MR) is 157 cm³/mol. The summed E-state index contributed by atoms with van der Waals surface area (Å²) in [4.78, 5) is 56.2. The van der Waals surface area contributed by atoms with Crippen LogP contribution in [0.25, 0.3) is 0 Å². The number of hydrogen-bond donors (Lipinski definition) is 0. The topological polar surface area (TPSA) is 105 Å². The number of methoxy groups -OCH3 is 4. The molecule has 8 nitrogen and oxygen atoms in total. The number of allylic oxidation sites excluding steroid dienone is 16.